The van der Waals surface area contributed by atoms with E-state index in [1.807, 2.05) is 0 Å². The molecule has 1 fully saturated rings. The van der Waals surface area contributed by atoms with Crippen LogP contribution in [0.15, 0.2) is 21.5 Å². The molecule has 0 bridgehead atoms. The average Bonchev–Trinajstić information content (AvgIpc) is 2.36. The van der Waals surface area contributed by atoms with Gasteiger partial charge in [-0.1, -0.05) is 42.6 Å². The molecule has 4 nitrogen and oxygen atoms in total. The summed E-state index contributed by atoms with van der Waals surface area (Å²) in [5.41, 5.74) is 6.94. The van der Waals surface area contributed by atoms with Crippen LogP contribution in [-0.2, 0) is 10.0 Å². The number of nitrogens with two attached hydrogens (primary N) is 1. The van der Waals surface area contributed by atoms with Crippen molar-refractivity contribution < 1.29 is 8.42 Å². The lowest BCUT2D eigenvalue weighted by molar-refractivity contribution is 0.188. The van der Waals surface area contributed by atoms with Gasteiger partial charge in [-0.3, -0.25) is 0 Å². The van der Waals surface area contributed by atoms with Gasteiger partial charge in [-0.05, 0) is 42.9 Å². The van der Waals surface area contributed by atoms with Crippen LogP contribution in [0, 0.1) is 12.3 Å². The van der Waals surface area contributed by atoms with Crippen molar-refractivity contribution in [2.45, 2.75) is 57.4 Å². The molecule has 0 radical (unpaired) electrons. The molecule has 1 aromatic carbocycles. The van der Waals surface area contributed by atoms with Gasteiger partial charge in [0.25, 0.3) is 0 Å². The maximum absolute atomic E-state index is 12.7. The molecule has 1 unspecified atom stereocenters. The van der Waals surface area contributed by atoms with E-state index >= 15 is 0 Å². The molecule has 0 heterocycles. The quantitative estimate of drug-likeness (QED) is 0.793. The van der Waals surface area contributed by atoms with Crippen molar-refractivity contribution in [1.82, 2.24) is 4.72 Å². The van der Waals surface area contributed by atoms with Crippen molar-refractivity contribution in [2.24, 2.45) is 5.41 Å². The smallest absolute Gasteiger partial charge is 0.241 e. The van der Waals surface area contributed by atoms with Crippen molar-refractivity contribution >= 4 is 31.6 Å². The number of hydrogen-bond donors (Lipinski definition) is 2. The molecule has 1 aliphatic rings. The number of nitrogen functional groups attached to an aromatic ring is 1. The fourth-order valence-corrected chi connectivity index (χ4v) is 5.29. The predicted molar refractivity (Wildman–Crippen MR) is 89.6 cm³/mol. The zero-order valence-electron chi connectivity index (χ0n) is 12.7. The highest BCUT2D eigenvalue weighted by Gasteiger charge is 2.35. The van der Waals surface area contributed by atoms with Crippen LogP contribution in [0.1, 0.15) is 45.1 Å². The van der Waals surface area contributed by atoms with Gasteiger partial charge >= 0.3 is 0 Å². The SMILES string of the molecule is Cc1c(N)cc(Br)cc1S(=O)(=O)NC1CCCCC1(C)C. The van der Waals surface area contributed by atoms with Gasteiger partial charge < -0.3 is 5.73 Å². The first-order valence-corrected chi connectivity index (χ1v) is 9.49. The molecule has 0 spiro atoms. The molecule has 1 saturated carbocycles. The summed E-state index contributed by atoms with van der Waals surface area (Å²) < 4.78 is 29.0. The van der Waals surface area contributed by atoms with Crippen LogP contribution in [0.3, 0.4) is 0 Å². The third-order valence-corrected chi connectivity index (χ3v) is 6.51. The Bertz CT molecular complexity index is 641. The topological polar surface area (TPSA) is 72.2 Å². The maximum atomic E-state index is 12.7. The second kappa shape index (κ2) is 5.89. The number of benzene rings is 1. The highest BCUT2D eigenvalue weighted by Crippen LogP contribution is 2.36. The Kier molecular flexibility index (Phi) is 4.71. The number of nitrogens with one attached hydrogen (secondary N) is 1. The van der Waals surface area contributed by atoms with Gasteiger partial charge in [-0.15, -0.1) is 0 Å². The Morgan fingerprint density at radius 3 is 2.62 bits per heavy atom. The van der Waals surface area contributed by atoms with Crippen molar-refractivity contribution in [2.75, 3.05) is 5.73 Å². The lowest BCUT2D eigenvalue weighted by atomic mass is 9.74. The Hall–Kier alpha value is -0.590. The van der Waals surface area contributed by atoms with Gasteiger partial charge in [0, 0.05) is 16.2 Å². The molecule has 3 N–H and O–H groups in total. The second-order valence-electron chi connectivity index (χ2n) is 6.53. The Balaban J connectivity index is 2.35. The minimum absolute atomic E-state index is 0.0171. The maximum Gasteiger partial charge on any atom is 0.241 e. The van der Waals surface area contributed by atoms with E-state index < -0.39 is 10.0 Å². The number of rotatable bonds is 3. The summed E-state index contributed by atoms with van der Waals surface area (Å²) in [7, 11) is -3.57. The van der Waals surface area contributed by atoms with Crippen molar-refractivity contribution in [1.29, 1.82) is 0 Å². The minimum atomic E-state index is -3.57. The molecule has 0 aromatic heterocycles. The van der Waals surface area contributed by atoms with E-state index in [1.165, 1.54) is 0 Å². The highest BCUT2D eigenvalue weighted by atomic mass is 79.9. The van der Waals surface area contributed by atoms with E-state index in [0.29, 0.717) is 15.7 Å². The van der Waals surface area contributed by atoms with Crippen LogP contribution in [0.5, 0.6) is 0 Å². The largest absolute Gasteiger partial charge is 0.398 e. The Morgan fingerprint density at radius 1 is 1.33 bits per heavy atom. The van der Waals surface area contributed by atoms with E-state index in [0.717, 1.165) is 25.7 Å². The molecule has 1 aromatic rings. The minimum Gasteiger partial charge on any atom is -0.398 e. The van der Waals surface area contributed by atoms with Gasteiger partial charge in [-0.2, -0.15) is 0 Å². The Labute approximate surface area is 135 Å². The van der Waals surface area contributed by atoms with E-state index in [-0.39, 0.29) is 16.4 Å². The van der Waals surface area contributed by atoms with Crippen molar-refractivity contribution in [3.05, 3.63) is 22.2 Å². The highest BCUT2D eigenvalue weighted by molar-refractivity contribution is 9.10. The summed E-state index contributed by atoms with van der Waals surface area (Å²) in [6, 6.07) is 3.30. The molecule has 118 valence electrons. The number of hydrogen-bond acceptors (Lipinski definition) is 3. The Morgan fingerprint density at radius 2 is 2.00 bits per heavy atom. The molecule has 6 heteroatoms. The zero-order chi connectivity index (χ0) is 15.8. The molecule has 0 amide bonds. The summed E-state index contributed by atoms with van der Waals surface area (Å²) >= 11 is 3.32. The zero-order valence-corrected chi connectivity index (χ0v) is 15.1. The van der Waals surface area contributed by atoms with Crippen molar-refractivity contribution in [3.63, 3.8) is 0 Å². The number of sulfonamides is 1. The summed E-state index contributed by atoms with van der Waals surface area (Å²) in [6.45, 7) is 5.99. The summed E-state index contributed by atoms with van der Waals surface area (Å²) in [6.07, 6.45) is 4.15. The molecule has 0 saturated heterocycles. The van der Waals surface area contributed by atoms with E-state index in [2.05, 4.69) is 34.5 Å². The molecule has 21 heavy (non-hydrogen) atoms. The number of anilines is 1. The van der Waals surface area contributed by atoms with E-state index in [9.17, 15) is 8.42 Å². The van der Waals surface area contributed by atoms with Crippen LogP contribution < -0.4 is 10.5 Å². The first-order chi connectivity index (χ1) is 9.63. The standard InChI is InChI=1S/C15H23BrN2O2S/c1-10-12(17)8-11(16)9-13(10)21(19,20)18-14-6-4-5-7-15(14,2)3/h8-9,14,18H,4-7,17H2,1-3H3. The molecular formula is C15H23BrN2O2S. The third kappa shape index (κ3) is 3.60. The second-order valence-corrected chi connectivity index (χ2v) is 9.12. The molecule has 0 aliphatic heterocycles. The lowest BCUT2D eigenvalue weighted by Crippen LogP contribution is -2.46. The predicted octanol–water partition coefficient (Wildman–Crippen LogP) is 3.59. The number of halogens is 1. The average molecular weight is 375 g/mol. The van der Waals surface area contributed by atoms with E-state index in [4.69, 9.17) is 5.73 Å². The summed E-state index contributed by atoms with van der Waals surface area (Å²) in [4.78, 5) is 0.260. The molecule has 2 rings (SSSR count). The van der Waals surface area contributed by atoms with Crippen LogP contribution in [-0.4, -0.2) is 14.5 Å². The van der Waals surface area contributed by atoms with Crippen molar-refractivity contribution in [3.8, 4) is 0 Å². The first-order valence-electron chi connectivity index (χ1n) is 7.21. The van der Waals surface area contributed by atoms with Gasteiger partial charge in [0.15, 0.2) is 0 Å². The van der Waals surface area contributed by atoms with Gasteiger partial charge in [-0.25, -0.2) is 13.1 Å². The van der Waals surface area contributed by atoms with Gasteiger partial charge in [0.2, 0.25) is 10.0 Å². The lowest BCUT2D eigenvalue weighted by Gasteiger charge is -2.38. The summed E-state index contributed by atoms with van der Waals surface area (Å²) in [5.74, 6) is 0. The van der Waals surface area contributed by atoms with Crippen LogP contribution in [0.25, 0.3) is 0 Å². The third-order valence-electron chi connectivity index (χ3n) is 4.46. The van der Waals surface area contributed by atoms with Gasteiger partial charge in [0.05, 0.1) is 4.90 Å². The first kappa shape index (κ1) is 16.8. The molecule has 1 atom stereocenters. The fourth-order valence-electron chi connectivity index (χ4n) is 2.92. The fraction of sp³-hybridized carbons (Fsp3) is 0.600. The van der Waals surface area contributed by atoms with E-state index in [1.54, 1.807) is 19.1 Å². The molecular weight excluding hydrogens is 352 g/mol. The monoisotopic (exact) mass is 374 g/mol. The van der Waals surface area contributed by atoms with Crippen LogP contribution >= 0.6 is 15.9 Å². The normalized spacial score (nSPS) is 22.2. The van der Waals surface area contributed by atoms with Crippen LogP contribution in [0.2, 0.25) is 0 Å². The van der Waals surface area contributed by atoms with Gasteiger partial charge in [0.1, 0.15) is 0 Å². The summed E-state index contributed by atoms with van der Waals surface area (Å²) in [5, 5.41) is 0. The van der Waals surface area contributed by atoms with Crippen LogP contribution in [0.4, 0.5) is 5.69 Å². The molecule has 1 aliphatic carbocycles.